The summed E-state index contributed by atoms with van der Waals surface area (Å²) >= 11 is 0. The number of nitrogens with zero attached hydrogens (tertiary/aromatic N) is 1. The molecule has 0 rings (SSSR count). The lowest BCUT2D eigenvalue weighted by Gasteiger charge is -2.16. The summed E-state index contributed by atoms with van der Waals surface area (Å²) in [6.07, 6.45) is 3.55. The van der Waals surface area contributed by atoms with E-state index in [0.29, 0.717) is 5.70 Å². The Bertz CT molecular complexity index is 266. The minimum absolute atomic E-state index is 0.0659. The second kappa shape index (κ2) is 6.16. The van der Waals surface area contributed by atoms with E-state index in [1.165, 1.54) is 12.0 Å². The van der Waals surface area contributed by atoms with Gasteiger partial charge in [-0.25, -0.2) is 0 Å². The summed E-state index contributed by atoms with van der Waals surface area (Å²) in [7, 11) is 3.14. The first kappa shape index (κ1) is 12.7. The number of amides is 1. The number of rotatable bonds is 5. The predicted molar refractivity (Wildman–Crippen MR) is 57.7 cm³/mol. The van der Waals surface area contributed by atoms with Gasteiger partial charge in [0.25, 0.3) is 5.91 Å². The molecule has 0 unspecified atom stereocenters. The Hall–Kier alpha value is -1.35. The van der Waals surface area contributed by atoms with Crippen molar-refractivity contribution in [2.75, 3.05) is 20.8 Å². The molecule has 1 amide bonds. The number of likely N-dealkylation sites (N-methyl/N-ethyl adjacent to an activating group) is 1. The van der Waals surface area contributed by atoms with Crippen molar-refractivity contribution < 1.29 is 9.53 Å². The Kier molecular flexibility index (Phi) is 5.56. The van der Waals surface area contributed by atoms with E-state index in [9.17, 15) is 4.79 Å². The molecule has 0 spiro atoms. The van der Waals surface area contributed by atoms with Crippen LogP contribution in [0.5, 0.6) is 0 Å². The van der Waals surface area contributed by atoms with Crippen molar-refractivity contribution in [3.63, 3.8) is 0 Å². The van der Waals surface area contributed by atoms with Crippen molar-refractivity contribution in [1.82, 2.24) is 4.90 Å². The van der Waals surface area contributed by atoms with Crippen molar-refractivity contribution >= 4 is 5.91 Å². The van der Waals surface area contributed by atoms with E-state index in [-0.39, 0.29) is 12.5 Å². The van der Waals surface area contributed by atoms with Crippen LogP contribution in [-0.2, 0) is 9.53 Å². The van der Waals surface area contributed by atoms with Crippen LogP contribution in [0.25, 0.3) is 0 Å². The molecule has 0 N–H and O–H groups in total. The zero-order valence-electron chi connectivity index (χ0n) is 9.04. The second-order valence-corrected chi connectivity index (χ2v) is 3.06. The van der Waals surface area contributed by atoms with E-state index < -0.39 is 0 Å². The van der Waals surface area contributed by atoms with Crippen LogP contribution >= 0.6 is 0 Å². The number of ether oxygens (including phenoxy) is 1. The maximum Gasteiger partial charge on any atom is 0.252 e. The molecule has 0 aliphatic rings. The number of carbonyl (C=O) groups is 1. The first-order valence-electron chi connectivity index (χ1n) is 4.27. The first-order valence-corrected chi connectivity index (χ1v) is 4.27. The molecule has 0 fully saturated rings. The summed E-state index contributed by atoms with van der Waals surface area (Å²) < 4.78 is 4.73. The van der Waals surface area contributed by atoms with Crippen LogP contribution in [0.2, 0.25) is 0 Å². The van der Waals surface area contributed by atoms with E-state index in [0.717, 1.165) is 5.57 Å². The summed E-state index contributed by atoms with van der Waals surface area (Å²) in [6.45, 7) is 9.40. The largest absolute Gasteiger partial charge is 0.375 e. The van der Waals surface area contributed by atoms with E-state index in [2.05, 4.69) is 13.2 Å². The van der Waals surface area contributed by atoms with Gasteiger partial charge in [-0.1, -0.05) is 24.8 Å². The van der Waals surface area contributed by atoms with Gasteiger partial charge >= 0.3 is 0 Å². The zero-order valence-corrected chi connectivity index (χ0v) is 9.04. The predicted octanol–water partition coefficient (Wildman–Crippen LogP) is 1.74. The molecule has 0 radical (unpaired) electrons. The van der Waals surface area contributed by atoms with Gasteiger partial charge in [0.1, 0.15) is 6.61 Å². The van der Waals surface area contributed by atoms with Gasteiger partial charge in [-0.3, -0.25) is 4.79 Å². The fourth-order valence-electron chi connectivity index (χ4n) is 0.731. The summed E-state index contributed by atoms with van der Waals surface area (Å²) in [6, 6.07) is 0. The Labute approximate surface area is 85.4 Å². The van der Waals surface area contributed by atoms with E-state index in [1.807, 2.05) is 6.92 Å². The fraction of sp³-hybridized carbons (Fsp3) is 0.364. The molecule has 0 bridgehead atoms. The van der Waals surface area contributed by atoms with Gasteiger partial charge in [-0.2, -0.15) is 0 Å². The third-order valence-electron chi connectivity index (χ3n) is 1.63. The van der Waals surface area contributed by atoms with Crippen LogP contribution in [0.1, 0.15) is 6.92 Å². The Morgan fingerprint density at radius 2 is 2.00 bits per heavy atom. The van der Waals surface area contributed by atoms with Gasteiger partial charge in [-0.05, 0) is 13.0 Å². The lowest BCUT2D eigenvalue weighted by molar-refractivity contribution is -0.131. The number of allylic oxidation sites excluding steroid dienone is 3. The van der Waals surface area contributed by atoms with Gasteiger partial charge < -0.3 is 9.64 Å². The fourth-order valence-corrected chi connectivity index (χ4v) is 0.731. The minimum Gasteiger partial charge on any atom is -0.375 e. The van der Waals surface area contributed by atoms with Gasteiger partial charge in [0.15, 0.2) is 0 Å². The molecule has 0 heterocycles. The molecule has 14 heavy (non-hydrogen) atoms. The zero-order chi connectivity index (χ0) is 11.1. The molecular weight excluding hydrogens is 178 g/mol. The first-order chi connectivity index (χ1) is 6.49. The molecular formula is C11H17NO2. The van der Waals surface area contributed by atoms with Crippen molar-refractivity contribution in [2.24, 2.45) is 0 Å². The number of methoxy groups -OCH3 is 1. The topological polar surface area (TPSA) is 29.5 Å². The lowest BCUT2D eigenvalue weighted by Crippen LogP contribution is -2.28. The number of carbonyl (C=O) groups excluding carboxylic acids is 1. The van der Waals surface area contributed by atoms with Crippen LogP contribution in [0.4, 0.5) is 0 Å². The molecule has 0 aliphatic heterocycles. The smallest absolute Gasteiger partial charge is 0.252 e. The number of hydrogen-bond acceptors (Lipinski definition) is 2. The molecule has 0 aliphatic carbocycles. The SMILES string of the molecule is C=C(C)/C=C\C(=C)N(C)C(=O)COC. The second-order valence-electron chi connectivity index (χ2n) is 3.06. The van der Waals surface area contributed by atoms with Gasteiger partial charge in [-0.15, -0.1) is 0 Å². The van der Waals surface area contributed by atoms with E-state index >= 15 is 0 Å². The van der Waals surface area contributed by atoms with E-state index in [4.69, 9.17) is 4.74 Å². The van der Waals surface area contributed by atoms with Crippen molar-refractivity contribution in [3.05, 3.63) is 36.6 Å². The van der Waals surface area contributed by atoms with Crippen LogP contribution in [0.15, 0.2) is 36.6 Å². The van der Waals surface area contributed by atoms with E-state index in [1.54, 1.807) is 19.2 Å². The highest BCUT2D eigenvalue weighted by Gasteiger charge is 2.08. The molecule has 0 aromatic carbocycles. The summed E-state index contributed by atoms with van der Waals surface area (Å²) in [5, 5.41) is 0. The lowest BCUT2D eigenvalue weighted by atomic mass is 10.3. The highest BCUT2D eigenvalue weighted by atomic mass is 16.5. The maximum absolute atomic E-state index is 11.3. The summed E-state index contributed by atoms with van der Waals surface area (Å²) in [5.41, 5.74) is 1.54. The Morgan fingerprint density at radius 3 is 2.43 bits per heavy atom. The average Bonchev–Trinajstić information content (AvgIpc) is 2.13. The van der Waals surface area contributed by atoms with Gasteiger partial charge in [0, 0.05) is 19.9 Å². The minimum atomic E-state index is -0.121. The van der Waals surface area contributed by atoms with Crippen LogP contribution in [-0.4, -0.2) is 31.6 Å². The monoisotopic (exact) mass is 195 g/mol. The Morgan fingerprint density at radius 1 is 1.43 bits per heavy atom. The highest BCUT2D eigenvalue weighted by molar-refractivity contribution is 5.79. The standard InChI is InChI=1S/C11H17NO2/c1-9(2)6-7-10(3)12(4)11(13)8-14-5/h6-7H,1,3,8H2,2,4-5H3/b7-6-. The number of hydrogen-bond donors (Lipinski definition) is 0. The summed E-state index contributed by atoms with van der Waals surface area (Å²) in [4.78, 5) is 12.8. The quantitative estimate of drug-likeness (QED) is 0.625. The molecule has 0 atom stereocenters. The molecule has 78 valence electrons. The molecule has 0 saturated heterocycles. The molecule has 0 saturated carbocycles. The average molecular weight is 195 g/mol. The highest BCUT2D eigenvalue weighted by Crippen LogP contribution is 2.03. The van der Waals surface area contributed by atoms with Crippen LogP contribution in [0, 0.1) is 0 Å². The van der Waals surface area contributed by atoms with Crippen LogP contribution in [0.3, 0.4) is 0 Å². The Balaban J connectivity index is 4.25. The summed E-state index contributed by atoms with van der Waals surface area (Å²) in [5.74, 6) is -0.121. The van der Waals surface area contributed by atoms with Gasteiger partial charge in [0.2, 0.25) is 0 Å². The molecule has 0 aromatic heterocycles. The normalized spacial score (nSPS) is 10.2. The molecule has 0 aromatic rings. The van der Waals surface area contributed by atoms with Crippen molar-refractivity contribution in [2.45, 2.75) is 6.92 Å². The third-order valence-corrected chi connectivity index (χ3v) is 1.63. The van der Waals surface area contributed by atoms with Crippen molar-refractivity contribution in [1.29, 1.82) is 0 Å². The third kappa shape index (κ3) is 4.62. The maximum atomic E-state index is 11.3. The van der Waals surface area contributed by atoms with Gasteiger partial charge in [0.05, 0.1) is 0 Å². The molecule has 3 heteroatoms. The van der Waals surface area contributed by atoms with Crippen molar-refractivity contribution in [3.8, 4) is 0 Å². The van der Waals surface area contributed by atoms with Crippen LogP contribution < -0.4 is 0 Å². The molecule has 3 nitrogen and oxygen atoms in total.